The average Bonchev–Trinajstić information content (AvgIpc) is 3.11. The SMILES string of the molecule is CC(N)(C(=O)Nc1ccc(N2CCCC2)nc1)c1ccccc1. The van der Waals surface area contributed by atoms with Gasteiger partial charge in [-0.3, -0.25) is 4.79 Å². The highest BCUT2D eigenvalue weighted by Crippen LogP contribution is 2.22. The number of anilines is 2. The van der Waals surface area contributed by atoms with Gasteiger partial charge in [0, 0.05) is 13.1 Å². The molecular weight excluding hydrogens is 288 g/mol. The smallest absolute Gasteiger partial charge is 0.248 e. The second kappa shape index (κ2) is 6.38. The van der Waals surface area contributed by atoms with Crippen molar-refractivity contribution in [2.75, 3.05) is 23.3 Å². The number of nitrogens with two attached hydrogens (primary N) is 1. The molecule has 5 nitrogen and oxygen atoms in total. The first kappa shape index (κ1) is 15.5. The number of hydrogen-bond acceptors (Lipinski definition) is 4. The van der Waals surface area contributed by atoms with Crippen LogP contribution in [0.2, 0.25) is 0 Å². The van der Waals surface area contributed by atoms with Crippen LogP contribution in [0.25, 0.3) is 0 Å². The van der Waals surface area contributed by atoms with Crippen LogP contribution in [-0.2, 0) is 10.3 Å². The number of amides is 1. The summed E-state index contributed by atoms with van der Waals surface area (Å²) in [5.41, 5.74) is 6.56. The van der Waals surface area contributed by atoms with Crippen molar-refractivity contribution >= 4 is 17.4 Å². The molecule has 1 saturated heterocycles. The lowest BCUT2D eigenvalue weighted by Crippen LogP contribution is -2.45. The third kappa shape index (κ3) is 3.35. The Morgan fingerprint density at radius 3 is 2.48 bits per heavy atom. The number of rotatable bonds is 4. The summed E-state index contributed by atoms with van der Waals surface area (Å²) in [5, 5.41) is 2.85. The van der Waals surface area contributed by atoms with Crippen LogP contribution in [0.1, 0.15) is 25.3 Å². The summed E-state index contributed by atoms with van der Waals surface area (Å²) < 4.78 is 0. The fraction of sp³-hybridized carbons (Fsp3) is 0.333. The number of nitrogens with zero attached hydrogens (tertiary/aromatic N) is 2. The van der Waals surface area contributed by atoms with E-state index in [0.29, 0.717) is 5.69 Å². The Kier molecular flexibility index (Phi) is 4.30. The van der Waals surface area contributed by atoms with E-state index in [4.69, 9.17) is 5.73 Å². The Morgan fingerprint density at radius 2 is 1.87 bits per heavy atom. The molecule has 0 spiro atoms. The van der Waals surface area contributed by atoms with E-state index in [1.807, 2.05) is 42.5 Å². The zero-order chi connectivity index (χ0) is 16.3. The van der Waals surface area contributed by atoms with E-state index < -0.39 is 5.54 Å². The number of aromatic nitrogens is 1. The van der Waals surface area contributed by atoms with Crippen molar-refractivity contribution in [1.82, 2.24) is 4.98 Å². The van der Waals surface area contributed by atoms with E-state index in [9.17, 15) is 4.79 Å². The molecular formula is C18H22N4O. The van der Waals surface area contributed by atoms with E-state index in [1.54, 1.807) is 13.1 Å². The van der Waals surface area contributed by atoms with Gasteiger partial charge in [0.15, 0.2) is 0 Å². The monoisotopic (exact) mass is 310 g/mol. The number of carbonyl (C=O) groups excluding carboxylic acids is 1. The predicted octanol–water partition coefficient (Wildman–Crippen LogP) is 2.49. The standard InChI is InChI=1S/C18H22N4O/c1-18(19,14-7-3-2-4-8-14)17(23)21-15-9-10-16(20-13-15)22-11-5-6-12-22/h2-4,7-10,13H,5-6,11-12,19H2,1H3,(H,21,23). The zero-order valence-electron chi connectivity index (χ0n) is 13.3. The van der Waals surface area contributed by atoms with Crippen molar-refractivity contribution < 1.29 is 4.79 Å². The molecule has 3 N–H and O–H groups in total. The van der Waals surface area contributed by atoms with Crippen LogP contribution < -0.4 is 16.0 Å². The summed E-state index contributed by atoms with van der Waals surface area (Å²) >= 11 is 0. The number of pyridine rings is 1. The molecule has 120 valence electrons. The van der Waals surface area contributed by atoms with Gasteiger partial charge >= 0.3 is 0 Å². The van der Waals surface area contributed by atoms with Crippen LogP contribution in [0.4, 0.5) is 11.5 Å². The maximum absolute atomic E-state index is 12.5. The van der Waals surface area contributed by atoms with Gasteiger partial charge in [0.2, 0.25) is 5.91 Å². The van der Waals surface area contributed by atoms with Gasteiger partial charge in [0.25, 0.3) is 0 Å². The van der Waals surface area contributed by atoms with Crippen LogP contribution in [0.5, 0.6) is 0 Å². The van der Waals surface area contributed by atoms with E-state index in [2.05, 4.69) is 15.2 Å². The minimum Gasteiger partial charge on any atom is -0.357 e. The molecule has 0 bridgehead atoms. The van der Waals surface area contributed by atoms with Gasteiger partial charge < -0.3 is 16.0 Å². The number of hydrogen-bond donors (Lipinski definition) is 2. The summed E-state index contributed by atoms with van der Waals surface area (Å²) in [5.74, 6) is 0.707. The maximum atomic E-state index is 12.5. The number of nitrogens with one attached hydrogen (secondary N) is 1. The van der Waals surface area contributed by atoms with Crippen LogP contribution in [0.3, 0.4) is 0 Å². The summed E-state index contributed by atoms with van der Waals surface area (Å²) in [7, 11) is 0. The molecule has 3 rings (SSSR count). The highest BCUT2D eigenvalue weighted by molar-refractivity contribution is 5.98. The molecule has 1 aliphatic heterocycles. The quantitative estimate of drug-likeness (QED) is 0.910. The Morgan fingerprint density at radius 1 is 1.17 bits per heavy atom. The lowest BCUT2D eigenvalue weighted by molar-refractivity contribution is -0.120. The Balaban J connectivity index is 1.70. The van der Waals surface area contributed by atoms with E-state index in [-0.39, 0.29) is 5.91 Å². The molecule has 0 saturated carbocycles. The minimum absolute atomic E-state index is 0.251. The first-order valence-electron chi connectivity index (χ1n) is 7.94. The third-order valence-corrected chi connectivity index (χ3v) is 4.28. The van der Waals surface area contributed by atoms with Crippen LogP contribution in [0.15, 0.2) is 48.7 Å². The lowest BCUT2D eigenvalue weighted by atomic mass is 9.92. The second-order valence-electron chi connectivity index (χ2n) is 6.12. The minimum atomic E-state index is -1.09. The molecule has 1 unspecified atom stereocenters. The van der Waals surface area contributed by atoms with Crippen molar-refractivity contribution in [1.29, 1.82) is 0 Å². The fourth-order valence-electron chi connectivity index (χ4n) is 2.77. The van der Waals surface area contributed by atoms with Crippen molar-refractivity contribution in [3.05, 3.63) is 54.2 Å². The molecule has 1 amide bonds. The van der Waals surface area contributed by atoms with Crippen molar-refractivity contribution in [3.8, 4) is 0 Å². The normalized spacial score (nSPS) is 16.9. The van der Waals surface area contributed by atoms with Gasteiger partial charge in [0.1, 0.15) is 11.4 Å². The van der Waals surface area contributed by atoms with Gasteiger partial charge in [0.05, 0.1) is 11.9 Å². The lowest BCUT2D eigenvalue weighted by Gasteiger charge is -2.24. The molecule has 1 aliphatic rings. The largest absolute Gasteiger partial charge is 0.357 e. The predicted molar refractivity (Wildman–Crippen MR) is 92.3 cm³/mol. The van der Waals surface area contributed by atoms with Crippen molar-refractivity contribution in [3.63, 3.8) is 0 Å². The van der Waals surface area contributed by atoms with E-state index in [1.165, 1.54) is 12.8 Å². The molecule has 1 aromatic heterocycles. The first-order chi connectivity index (χ1) is 11.1. The molecule has 2 aromatic rings. The molecule has 0 radical (unpaired) electrons. The Bertz CT molecular complexity index is 661. The van der Waals surface area contributed by atoms with Gasteiger partial charge in [-0.15, -0.1) is 0 Å². The topological polar surface area (TPSA) is 71.2 Å². The Hall–Kier alpha value is -2.40. The second-order valence-corrected chi connectivity index (χ2v) is 6.12. The zero-order valence-corrected chi connectivity index (χ0v) is 13.3. The molecule has 1 atom stereocenters. The Labute approximate surface area is 136 Å². The molecule has 23 heavy (non-hydrogen) atoms. The molecule has 1 aromatic carbocycles. The van der Waals surface area contributed by atoms with Crippen LogP contribution in [0, 0.1) is 0 Å². The summed E-state index contributed by atoms with van der Waals surface area (Å²) in [6, 6.07) is 13.2. The number of carbonyl (C=O) groups is 1. The molecule has 5 heteroatoms. The first-order valence-corrected chi connectivity index (χ1v) is 7.94. The van der Waals surface area contributed by atoms with Crippen molar-refractivity contribution in [2.45, 2.75) is 25.3 Å². The third-order valence-electron chi connectivity index (χ3n) is 4.28. The maximum Gasteiger partial charge on any atom is 0.248 e. The van der Waals surface area contributed by atoms with Gasteiger partial charge in [-0.05, 0) is 37.5 Å². The fourth-order valence-corrected chi connectivity index (χ4v) is 2.77. The van der Waals surface area contributed by atoms with E-state index >= 15 is 0 Å². The van der Waals surface area contributed by atoms with Crippen LogP contribution in [-0.4, -0.2) is 24.0 Å². The van der Waals surface area contributed by atoms with Gasteiger partial charge in [-0.1, -0.05) is 30.3 Å². The average molecular weight is 310 g/mol. The molecule has 2 heterocycles. The van der Waals surface area contributed by atoms with Gasteiger partial charge in [-0.25, -0.2) is 4.98 Å². The van der Waals surface area contributed by atoms with Crippen molar-refractivity contribution in [2.24, 2.45) is 5.73 Å². The van der Waals surface area contributed by atoms with E-state index in [0.717, 1.165) is 24.5 Å². The van der Waals surface area contributed by atoms with Crippen LogP contribution >= 0.6 is 0 Å². The summed E-state index contributed by atoms with van der Waals surface area (Å²) in [6.07, 6.45) is 4.11. The summed E-state index contributed by atoms with van der Waals surface area (Å²) in [4.78, 5) is 19.2. The molecule has 0 aliphatic carbocycles. The summed E-state index contributed by atoms with van der Waals surface area (Å²) in [6.45, 7) is 3.81. The highest BCUT2D eigenvalue weighted by Gasteiger charge is 2.30. The van der Waals surface area contributed by atoms with Gasteiger partial charge in [-0.2, -0.15) is 0 Å². The highest BCUT2D eigenvalue weighted by atomic mass is 16.2. The molecule has 1 fully saturated rings. The number of benzene rings is 1.